The molecule has 1 aliphatic rings. The Morgan fingerprint density at radius 3 is 2.38 bits per heavy atom. The van der Waals surface area contributed by atoms with Crippen LogP contribution in [0.1, 0.15) is 24.5 Å². The molecule has 1 amide bonds. The van der Waals surface area contributed by atoms with Crippen molar-refractivity contribution >= 4 is 5.91 Å². The SMILES string of the molecule is O=C(COCC(F)(F)F)N1CCC(C(O)c2ccc(F)cc2)CC1. The minimum atomic E-state index is -4.45. The van der Waals surface area contributed by atoms with Gasteiger partial charge in [-0.15, -0.1) is 0 Å². The molecule has 1 unspecified atom stereocenters. The number of benzene rings is 1. The van der Waals surface area contributed by atoms with Crippen LogP contribution in [0.15, 0.2) is 24.3 Å². The summed E-state index contributed by atoms with van der Waals surface area (Å²) in [5.41, 5.74) is 0.606. The Hall–Kier alpha value is -1.67. The van der Waals surface area contributed by atoms with E-state index in [4.69, 9.17) is 0 Å². The second-order valence-electron chi connectivity index (χ2n) is 5.82. The van der Waals surface area contributed by atoms with Gasteiger partial charge in [0.2, 0.25) is 5.91 Å². The van der Waals surface area contributed by atoms with Gasteiger partial charge in [0.25, 0.3) is 0 Å². The van der Waals surface area contributed by atoms with Crippen molar-refractivity contribution < 1.29 is 32.2 Å². The summed E-state index contributed by atoms with van der Waals surface area (Å²) in [6, 6.07) is 5.58. The lowest BCUT2D eigenvalue weighted by Crippen LogP contribution is -2.41. The van der Waals surface area contributed by atoms with E-state index in [1.54, 1.807) is 0 Å². The highest BCUT2D eigenvalue weighted by Gasteiger charge is 2.30. The van der Waals surface area contributed by atoms with E-state index >= 15 is 0 Å². The first-order valence-corrected chi connectivity index (χ1v) is 7.62. The first-order chi connectivity index (χ1) is 11.3. The van der Waals surface area contributed by atoms with E-state index < -0.39 is 31.4 Å². The smallest absolute Gasteiger partial charge is 0.388 e. The van der Waals surface area contributed by atoms with Crippen molar-refractivity contribution in [2.45, 2.75) is 25.1 Å². The van der Waals surface area contributed by atoms with Crippen molar-refractivity contribution in [3.8, 4) is 0 Å². The van der Waals surface area contributed by atoms with Crippen LogP contribution in [-0.2, 0) is 9.53 Å². The molecule has 0 saturated carbocycles. The third kappa shape index (κ3) is 5.45. The van der Waals surface area contributed by atoms with Crippen molar-refractivity contribution in [1.29, 1.82) is 0 Å². The third-order valence-electron chi connectivity index (χ3n) is 4.04. The highest BCUT2D eigenvalue weighted by atomic mass is 19.4. The van der Waals surface area contributed by atoms with Gasteiger partial charge in [-0.05, 0) is 36.5 Å². The molecule has 1 fully saturated rings. The van der Waals surface area contributed by atoms with Gasteiger partial charge in [0, 0.05) is 13.1 Å². The van der Waals surface area contributed by atoms with E-state index in [1.807, 2.05) is 0 Å². The molecule has 2 rings (SSSR count). The molecule has 8 heteroatoms. The van der Waals surface area contributed by atoms with E-state index in [0.717, 1.165) is 0 Å². The van der Waals surface area contributed by atoms with E-state index in [9.17, 15) is 27.5 Å². The van der Waals surface area contributed by atoms with Gasteiger partial charge in [0.05, 0.1) is 6.10 Å². The Balaban J connectivity index is 1.78. The Labute approximate surface area is 137 Å². The maximum Gasteiger partial charge on any atom is 0.411 e. The second kappa shape index (κ2) is 7.94. The van der Waals surface area contributed by atoms with Crippen molar-refractivity contribution in [3.05, 3.63) is 35.6 Å². The molecule has 1 heterocycles. The molecule has 1 aromatic rings. The normalized spacial score (nSPS) is 17.8. The molecule has 1 N–H and O–H groups in total. The van der Waals surface area contributed by atoms with Gasteiger partial charge < -0.3 is 14.7 Å². The van der Waals surface area contributed by atoms with Crippen LogP contribution >= 0.6 is 0 Å². The topological polar surface area (TPSA) is 49.8 Å². The van der Waals surface area contributed by atoms with Gasteiger partial charge >= 0.3 is 6.18 Å². The lowest BCUT2D eigenvalue weighted by molar-refractivity contribution is -0.178. The fourth-order valence-corrected chi connectivity index (χ4v) is 2.74. The first kappa shape index (κ1) is 18.7. The van der Waals surface area contributed by atoms with E-state index in [1.165, 1.54) is 29.2 Å². The predicted molar refractivity (Wildman–Crippen MR) is 77.5 cm³/mol. The average molecular weight is 349 g/mol. The van der Waals surface area contributed by atoms with Crippen molar-refractivity contribution in [3.63, 3.8) is 0 Å². The van der Waals surface area contributed by atoms with Gasteiger partial charge in [-0.25, -0.2) is 4.39 Å². The number of nitrogens with zero attached hydrogens (tertiary/aromatic N) is 1. The van der Waals surface area contributed by atoms with Crippen molar-refractivity contribution in [1.82, 2.24) is 4.90 Å². The lowest BCUT2D eigenvalue weighted by Gasteiger charge is -2.34. The number of amides is 1. The standard InChI is InChI=1S/C16H19F4NO3/c17-13-3-1-11(2-4-13)15(23)12-5-7-21(8-6-12)14(22)9-24-10-16(18,19)20/h1-4,12,15,23H,5-10H2. The summed E-state index contributed by atoms with van der Waals surface area (Å²) in [5, 5.41) is 10.3. The van der Waals surface area contributed by atoms with Crippen molar-refractivity contribution in [2.24, 2.45) is 5.92 Å². The van der Waals surface area contributed by atoms with Crippen LogP contribution in [0.2, 0.25) is 0 Å². The highest BCUT2D eigenvalue weighted by molar-refractivity contribution is 5.77. The van der Waals surface area contributed by atoms with E-state index in [-0.39, 0.29) is 11.7 Å². The van der Waals surface area contributed by atoms with Gasteiger partial charge in [-0.3, -0.25) is 4.79 Å². The molecular weight excluding hydrogens is 330 g/mol. The van der Waals surface area contributed by atoms with Gasteiger partial charge in [-0.1, -0.05) is 12.1 Å². The summed E-state index contributed by atoms with van der Waals surface area (Å²) < 4.78 is 53.2. The number of hydrogen-bond acceptors (Lipinski definition) is 3. The summed E-state index contributed by atoms with van der Waals surface area (Å²) in [5.74, 6) is -0.963. The molecule has 1 atom stereocenters. The molecule has 0 bridgehead atoms. The largest absolute Gasteiger partial charge is 0.411 e. The van der Waals surface area contributed by atoms with Crippen LogP contribution in [0.25, 0.3) is 0 Å². The monoisotopic (exact) mass is 349 g/mol. The van der Waals surface area contributed by atoms with Crippen LogP contribution < -0.4 is 0 Å². The molecule has 1 saturated heterocycles. The van der Waals surface area contributed by atoms with Gasteiger partial charge in [0.15, 0.2) is 0 Å². The summed E-state index contributed by atoms with van der Waals surface area (Å²) in [6.07, 6.45) is -4.18. The zero-order valence-electron chi connectivity index (χ0n) is 12.9. The minimum Gasteiger partial charge on any atom is -0.388 e. The molecule has 0 spiro atoms. The molecular formula is C16H19F4NO3. The lowest BCUT2D eigenvalue weighted by atomic mass is 9.87. The predicted octanol–water partition coefficient (Wildman–Crippen LogP) is 2.68. The molecule has 1 aliphatic heterocycles. The zero-order valence-corrected chi connectivity index (χ0v) is 12.9. The maximum atomic E-state index is 12.9. The number of rotatable bonds is 5. The first-order valence-electron chi connectivity index (χ1n) is 7.62. The Bertz CT molecular complexity index is 539. The quantitative estimate of drug-likeness (QED) is 0.832. The summed E-state index contributed by atoms with van der Waals surface area (Å²) in [4.78, 5) is 13.2. The fourth-order valence-electron chi connectivity index (χ4n) is 2.74. The number of likely N-dealkylation sites (tertiary alicyclic amines) is 1. The van der Waals surface area contributed by atoms with E-state index in [0.29, 0.717) is 31.5 Å². The average Bonchev–Trinajstić information content (AvgIpc) is 2.54. The van der Waals surface area contributed by atoms with Crippen LogP contribution in [0.4, 0.5) is 17.6 Å². The number of piperidine rings is 1. The number of aliphatic hydroxyl groups excluding tert-OH is 1. The molecule has 24 heavy (non-hydrogen) atoms. The zero-order chi connectivity index (χ0) is 17.7. The third-order valence-corrected chi connectivity index (χ3v) is 4.04. The molecule has 0 radical (unpaired) electrons. The number of carbonyl (C=O) groups is 1. The molecule has 0 aromatic heterocycles. The number of alkyl halides is 3. The van der Waals surface area contributed by atoms with Gasteiger partial charge in [-0.2, -0.15) is 13.2 Å². The van der Waals surface area contributed by atoms with Crippen LogP contribution in [0, 0.1) is 11.7 Å². The maximum absolute atomic E-state index is 12.9. The van der Waals surface area contributed by atoms with Crippen molar-refractivity contribution in [2.75, 3.05) is 26.3 Å². The number of carbonyl (C=O) groups excluding carboxylic acids is 1. The summed E-state index contributed by atoms with van der Waals surface area (Å²) in [6.45, 7) is -1.36. The highest BCUT2D eigenvalue weighted by Crippen LogP contribution is 2.30. The Morgan fingerprint density at radius 1 is 1.25 bits per heavy atom. The van der Waals surface area contributed by atoms with Gasteiger partial charge in [0.1, 0.15) is 19.0 Å². The molecule has 1 aromatic carbocycles. The number of halogens is 4. The molecule has 0 aliphatic carbocycles. The number of ether oxygens (including phenoxy) is 1. The number of aliphatic hydroxyl groups is 1. The Morgan fingerprint density at radius 2 is 1.83 bits per heavy atom. The number of hydrogen-bond donors (Lipinski definition) is 1. The molecule has 4 nitrogen and oxygen atoms in total. The van der Waals surface area contributed by atoms with E-state index in [2.05, 4.69) is 4.74 Å². The summed E-state index contributed by atoms with van der Waals surface area (Å²) in [7, 11) is 0. The fraction of sp³-hybridized carbons (Fsp3) is 0.562. The van der Waals surface area contributed by atoms with Crippen LogP contribution in [-0.4, -0.2) is 48.4 Å². The Kier molecular flexibility index (Phi) is 6.17. The minimum absolute atomic E-state index is 0.0874. The second-order valence-corrected chi connectivity index (χ2v) is 5.82. The molecule has 134 valence electrons. The van der Waals surface area contributed by atoms with Crippen LogP contribution in [0.5, 0.6) is 0 Å². The van der Waals surface area contributed by atoms with Crippen LogP contribution in [0.3, 0.4) is 0 Å². The summed E-state index contributed by atoms with van der Waals surface area (Å²) >= 11 is 0.